The number of aromatic nitrogens is 3. The van der Waals surface area contributed by atoms with E-state index in [1.54, 1.807) is 35.5 Å². The van der Waals surface area contributed by atoms with E-state index in [0.717, 1.165) is 12.5 Å². The highest BCUT2D eigenvalue weighted by molar-refractivity contribution is 6.05. The first kappa shape index (κ1) is 20.0. The summed E-state index contributed by atoms with van der Waals surface area (Å²) >= 11 is 0. The molecule has 4 aromatic rings. The summed E-state index contributed by atoms with van der Waals surface area (Å²) in [6.45, 7) is 0.523. The molecule has 1 saturated heterocycles. The number of pyridine rings is 1. The van der Waals surface area contributed by atoms with Crippen LogP contribution in [0.15, 0.2) is 54.9 Å². The minimum atomic E-state index is -0.696. The van der Waals surface area contributed by atoms with Crippen molar-refractivity contribution < 1.29 is 18.3 Å². The van der Waals surface area contributed by atoms with Gasteiger partial charge in [0.15, 0.2) is 5.82 Å². The molecule has 3 heterocycles. The topological polar surface area (TPSA) is 68.2 Å². The summed E-state index contributed by atoms with van der Waals surface area (Å²) in [6.07, 6.45) is 4.44. The summed E-state index contributed by atoms with van der Waals surface area (Å²) in [6, 6.07) is 10.4. The van der Waals surface area contributed by atoms with E-state index >= 15 is 0 Å². The zero-order valence-corrected chi connectivity index (χ0v) is 17.2. The van der Waals surface area contributed by atoms with E-state index in [-0.39, 0.29) is 11.5 Å². The van der Waals surface area contributed by atoms with E-state index in [1.807, 2.05) is 6.07 Å². The Labute approximate surface area is 182 Å². The zero-order valence-electron chi connectivity index (χ0n) is 17.2. The number of hydrogen-bond donors (Lipinski definition) is 0. The molecule has 1 aliphatic rings. The Hall–Kier alpha value is -3.94. The molecular formula is C24H18F2N4O2. The van der Waals surface area contributed by atoms with Gasteiger partial charge in [0.2, 0.25) is 5.91 Å². The Morgan fingerprint density at radius 1 is 1.06 bits per heavy atom. The molecule has 1 fully saturated rings. The number of rotatable bonds is 4. The molecule has 0 radical (unpaired) electrons. The number of nitrogens with zero attached hydrogens (tertiary/aromatic N) is 4. The lowest BCUT2D eigenvalue weighted by molar-refractivity contribution is -0.117. The van der Waals surface area contributed by atoms with Crippen LogP contribution in [0.25, 0.3) is 33.4 Å². The van der Waals surface area contributed by atoms with Gasteiger partial charge in [0.1, 0.15) is 28.7 Å². The molecule has 0 unspecified atom stereocenters. The predicted molar refractivity (Wildman–Crippen MR) is 116 cm³/mol. The van der Waals surface area contributed by atoms with Gasteiger partial charge < -0.3 is 4.74 Å². The van der Waals surface area contributed by atoms with E-state index in [9.17, 15) is 13.6 Å². The molecule has 0 aliphatic carbocycles. The predicted octanol–water partition coefficient (Wildman–Crippen LogP) is 4.77. The Bertz CT molecular complexity index is 1350. The summed E-state index contributed by atoms with van der Waals surface area (Å²) in [5, 5.41) is 0.547. The van der Waals surface area contributed by atoms with Gasteiger partial charge in [0.25, 0.3) is 0 Å². The van der Waals surface area contributed by atoms with Crippen molar-refractivity contribution >= 4 is 22.6 Å². The molecular weight excluding hydrogens is 414 g/mol. The number of fused-ring (bicyclic) bond motifs is 1. The van der Waals surface area contributed by atoms with Crippen LogP contribution in [0, 0.1) is 11.6 Å². The molecule has 0 saturated carbocycles. The van der Waals surface area contributed by atoms with Crippen LogP contribution in [0.2, 0.25) is 0 Å². The maximum Gasteiger partial charge on any atom is 0.228 e. The SMILES string of the molecule is COc1cc(-c2ccc(F)cc2F)cc2c(N3CCCC3=O)nc(-c3cccnc3)nc12. The van der Waals surface area contributed by atoms with Crippen LogP contribution in [0.5, 0.6) is 5.75 Å². The smallest absolute Gasteiger partial charge is 0.228 e. The number of carbonyl (C=O) groups excluding carboxylic acids is 1. The second-order valence-electron chi connectivity index (χ2n) is 7.46. The molecule has 8 heteroatoms. The van der Waals surface area contributed by atoms with E-state index < -0.39 is 11.6 Å². The van der Waals surface area contributed by atoms with Gasteiger partial charge in [-0.2, -0.15) is 0 Å². The zero-order chi connectivity index (χ0) is 22.2. The van der Waals surface area contributed by atoms with Crippen LogP contribution in [-0.4, -0.2) is 34.5 Å². The van der Waals surface area contributed by atoms with Crippen LogP contribution < -0.4 is 9.64 Å². The molecule has 0 bridgehead atoms. The van der Waals surface area contributed by atoms with Gasteiger partial charge in [0, 0.05) is 47.9 Å². The highest BCUT2D eigenvalue weighted by atomic mass is 19.1. The first-order valence-electron chi connectivity index (χ1n) is 10.1. The molecule has 2 aromatic heterocycles. The van der Waals surface area contributed by atoms with Crippen molar-refractivity contribution in [3.63, 3.8) is 0 Å². The number of carbonyl (C=O) groups is 1. The van der Waals surface area contributed by atoms with Crippen LogP contribution in [0.1, 0.15) is 12.8 Å². The molecule has 0 spiro atoms. The molecule has 5 rings (SSSR count). The minimum Gasteiger partial charge on any atom is -0.494 e. The standard InChI is InChI=1S/C24H18F2N4O2/c1-32-20-11-15(17-7-6-16(25)12-19(17)26)10-18-22(20)28-23(14-4-2-8-27-13-14)29-24(18)30-9-3-5-21(30)31/h2,4,6-8,10-13H,3,5,9H2,1H3. The molecule has 160 valence electrons. The largest absolute Gasteiger partial charge is 0.494 e. The van der Waals surface area contributed by atoms with Crippen LogP contribution >= 0.6 is 0 Å². The molecule has 32 heavy (non-hydrogen) atoms. The normalized spacial score (nSPS) is 13.7. The van der Waals surface area contributed by atoms with Gasteiger partial charge in [-0.3, -0.25) is 14.7 Å². The van der Waals surface area contributed by atoms with E-state index in [1.165, 1.54) is 19.2 Å². The molecule has 2 aromatic carbocycles. The van der Waals surface area contributed by atoms with Crippen molar-refractivity contribution in [2.45, 2.75) is 12.8 Å². The lowest BCUT2D eigenvalue weighted by atomic mass is 10.0. The number of amides is 1. The van der Waals surface area contributed by atoms with Crippen LogP contribution in [0.4, 0.5) is 14.6 Å². The summed E-state index contributed by atoms with van der Waals surface area (Å²) < 4.78 is 33.6. The molecule has 0 N–H and O–H groups in total. The first-order chi connectivity index (χ1) is 15.5. The fourth-order valence-electron chi connectivity index (χ4n) is 3.92. The number of ether oxygens (including phenoxy) is 1. The van der Waals surface area contributed by atoms with Gasteiger partial charge in [-0.15, -0.1) is 0 Å². The summed E-state index contributed by atoms with van der Waals surface area (Å²) in [5.41, 5.74) is 1.86. The van der Waals surface area contributed by atoms with Crippen molar-refractivity contribution in [2.75, 3.05) is 18.6 Å². The number of anilines is 1. The van der Waals surface area contributed by atoms with Gasteiger partial charge >= 0.3 is 0 Å². The fourth-order valence-corrected chi connectivity index (χ4v) is 3.92. The molecule has 6 nitrogen and oxygen atoms in total. The number of methoxy groups -OCH3 is 1. The highest BCUT2D eigenvalue weighted by Gasteiger charge is 2.27. The Kier molecular flexibility index (Phi) is 4.97. The number of hydrogen-bond acceptors (Lipinski definition) is 5. The third-order valence-corrected chi connectivity index (χ3v) is 5.46. The van der Waals surface area contributed by atoms with Crippen molar-refractivity contribution in [3.05, 3.63) is 66.5 Å². The average Bonchev–Trinajstić information content (AvgIpc) is 3.24. The second-order valence-corrected chi connectivity index (χ2v) is 7.46. The summed E-state index contributed by atoms with van der Waals surface area (Å²) in [7, 11) is 1.49. The lowest BCUT2D eigenvalue weighted by Crippen LogP contribution is -2.25. The lowest BCUT2D eigenvalue weighted by Gasteiger charge is -2.19. The number of halogens is 2. The van der Waals surface area contributed by atoms with Gasteiger partial charge in [0.05, 0.1) is 7.11 Å². The Balaban J connectivity index is 1.81. The monoisotopic (exact) mass is 432 g/mol. The average molecular weight is 432 g/mol. The molecule has 0 atom stereocenters. The quantitative estimate of drug-likeness (QED) is 0.465. The highest BCUT2D eigenvalue weighted by Crippen LogP contribution is 2.38. The van der Waals surface area contributed by atoms with Crippen molar-refractivity contribution in [1.82, 2.24) is 15.0 Å². The van der Waals surface area contributed by atoms with E-state index in [2.05, 4.69) is 9.97 Å². The van der Waals surface area contributed by atoms with Gasteiger partial charge in [-0.1, -0.05) is 0 Å². The van der Waals surface area contributed by atoms with Crippen LogP contribution in [0.3, 0.4) is 0 Å². The third-order valence-electron chi connectivity index (χ3n) is 5.46. The van der Waals surface area contributed by atoms with Crippen molar-refractivity contribution in [2.24, 2.45) is 0 Å². The number of benzene rings is 2. The Morgan fingerprint density at radius 3 is 2.62 bits per heavy atom. The van der Waals surface area contributed by atoms with Crippen LogP contribution in [-0.2, 0) is 4.79 Å². The van der Waals surface area contributed by atoms with E-state index in [4.69, 9.17) is 9.72 Å². The first-order valence-corrected chi connectivity index (χ1v) is 10.1. The minimum absolute atomic E-state index is 0.0422. The van der Waals surface area contributed by atoms with E-state index in [0.29, 0.717) is 52.4 Å². The maximum absolute atomic E-state index is 14.5. The Morgan fingerprint density at radius 2 is 1.94 bits per heavy atom. The third kappa shape index (κ3) is 3.43. The van der Waals surface area contributed by atoms with Gasteiger partial charge in [-0.05, 0) is 48.4 Å². The fraction of sp³-hybridized carbons (Fsp3) is 0.167. The van der Waals surface area contributed by atoms with Gasteiger partial charge in [-0.25, -0.2) is 18.7 Å². The maximum atomic E-state index is 14.5. The molecule has 1 aliphatic heterocycles. The van der Waals surface area contributed by atoms with Crippen molar-refractivity contribution in [3.8, 4) is 28.3 Å². The van der Waals surface area contributed by atoms with Crippen molar-refractivity contribution in [1.29, 1.82) is 0 Å². The second kappa shape index (κ2) is 7.96. The summed E-state index contributed by atoms with van der Waals surface area (Å²) in [4.78, 5) is 27.7. The molecule has 1 amide bonds. The summed E-state index contributed by atoms with van der Waals surface area (Å²) in [5.74, 6) is -0.177.